The molecule has 0 unspecified atom stereocenters. The van der Waals surface area contributed by atoms with Gasteiger partial charge in [0.15, 0.2) is 0 Å². The van der Waals surface area contributed by atoms with Gasteiger partial charge in [-0.05, 0) is 36.9 Å². The number of halogens is 1. The van der Waals surface area contributed by atoms with Gasteiger partial charge in [-0.15, -0.1) is 23.1 Å². The Hall–Kier alpha value is -3.07. The van der Waals surface area contributed by atoms with Crippen molar-refractivity contribution in [3.63, 3.8) is 0 Å². The number of carbonyl (C=O) groups excluding carboxylic acids is 2. The number of thiophene rings is 1. The summed E-state index contributed by atoms with van der Waals surface area (Å²) in [6.07, 6.45) is 0.803. The summed E-state index contributed by atoms with van der Waals surface area (Å²) in [5.41, 5.74) is 3.26. The van der Waals surface area contributed by atoms with E-state index in [1.165, 1.54) is 0 Å². The van der Waals surface area contributed by atoms with Gasteiger partial charge in [0.25, 0.3) is 0 Å². The maximum Gasteiger partial charge on any atom is 0.240 e. The molecule has 0 fully saturated rings. The molecule has 0 saturated heterocycles. The molecule has 37 heavy (non-hydrogen) atoms. The maximum absolute atomic E-state index is 13.7. The number of carbonyl (C=O) groups is 2. The zero-order valence-electron chi connectivity index (χ0n) is 20.6. The topological polar surface area (TPSA) is 67.2 Å². The molecule has 2 aromatic carbocycles. The van der Waals surface area contributed by atoms with E-state index in [0.29, 0.717) is 16.5 Å². The first-order chi connectivity index (χ1) is 18.0. The Kier molecular flexibility index (Phi) is 7.69. The van der Waals surface area contributed by atoms with Crippen LogP contribution in [0.15, 0.2) is 72.1 Å². The first-order valence-corrected chi connectivity index (χ1v) is 14.5. The second-order valence-corrected chi connectivity index (χ2v) is 11.4. The molecule has 1 aliphatic rings. The lowest BCUT2D eigenvalue weighted by molar-refractivity contribution is -0.123. The van der Waals surface area contributed by atoms with Crippen molar-refractivity contribution in [1.29, 1.82) is 0 Å². The third kappa shape index (κ3) is 5.19. The molecular weight excluding hydrogens is 524 g/mol. The van der Waals surface area contributed by atoms with E-state index in [1.807, 2.05) is 73.8 Å². The Bertz CT molecular complexity index is 1410. The minimum absolute atomic E-state index is 0.00986. The van der Waals surface area contributed by atoms with Crippen LogP contribution in [0.1, 0.15) is 36.0 Å². The molecule has 3 heterocycles. The van der Waals surface area contributed by atoms with Gasteiger partial charge in [-0.1, -0.05) is 67.1 Å². The lowest BCUT2D eigenvalue weighted by Crippen LogP contribution is -2.44. The van der Waals surface area contributed by atoms with Crippen molar-refractivity contribution in [1.82, 2.24) is 15.1 Å². The van der Waals surface area contributed by atoms with Crippen LogP contribution in [0.3, 0.4) is 0 Å². The molecule has 190 valence electrons. The largest absolute Gasteiger partial charge is 0.352 e. The average Bonchev–Trinajstić information content (AvgIpc) is 3.55. The fourth-order valence-electron chi connectivity index (χ4n) is 4.35. The Labute approximate surface area is 229 Å². The number of nitrogens with one attached hydrogen (secondary N) is 1. The fourth-order valence-corrected chi connectivity index (χ4v) is 6.74. The first kappa shape index (κ1) is 25.6. The van der Waals surface area contributed by atoms with Crippen molar-refractivity contribution >= 4 is 52.3 Å². The van der Waals surface area contributed by atoms with E-state index in [9.17, 15) is 9.59 Å². The first-order valence-electron chi connectivity index (χ1n) is 12.2. The summed E-state index contributed by atoms with van der Waals surface area (Å²) < 4.78 is 1.74. The number of fused-ring (bicyclic) bond motifs is 1. The predicted octanol–water partition coefficient (Wildman–Crippen LogP) is 6.34. The second-order valence-electron chi connectivity index (χ2n) is 8.88. The number of para-hydroxylation sites is 1. The van der Waals surface area contributed by atoms with E-state index >= 15 is 0 Å². The van der Waals surface area contributed by atoms with E-state index in [2.05, 4.69) is 11.4 Å². The second kappa shape index (κ2) is 11.1. The zero-order chi connectivity index (χ0) is 25.9. The molecule has 1 aliphatic heterocycles. The van der Waals surface area contributed by atoms with Gasteiger partial charge in [0, 0.05) is 22.0 Å². The van der Waals surface area contributed by atoms with Gasteiger partial charge in [-0.3, -0.25) is 14.5 Å². The van der Waals surface area contributed by atoms with Crippen LogP contribution in [0.5, 0.6) is 0 Å². The molecular formula is C28H27ClN4O2S2. The van der Waals surface area contributed by atoms with Gasteiger partial charge < -0.3 is 5.32 Å². The average molecular weight is 551 g/mol. The lowest BCUT2D eigenvalue weighted by Gasteiger charge is -2.24. The van der Waals surface area contributed by atoms with Crippen LogP contribution in [-0.2, 0) is 9.59 Å². The highest BCUT2D eigenvalue weighted by Crippen LogP contribution is 2.49. The maximum atomic E-state index is 13.7. The highest BCUT2D eigenvalue weighted by Gasteiger charge is 2.38. The van der Waals surface area contributed by atoms with Gasteiger partial charge in [0.05, 0.1) is 27.4 Å². The van der Waals surface area contributed by atoms with E-state index in [4.69, 9.17) is 16.7 Å². The van der Waals surface area contributed by atoms with Gasteiger partial charge in [-0.2, -0.15) is 5.10 Å². The Morgan fingerprint density at radius 2 is 1.89 bits per heavy atom. The molecule has 2 aromatic heterocycles. The summed E-state index contributed by atoms with van der Waals surface area (Å²) in [6, 6.07) is 21.5. The normalized spacial score (nSPS) is 16.2. The number of hydrogen-bond donors (Lipinski definition) is 1. The van der Waals surface area contributed by atoms with Crippen LogP contribution >= 0.6 is 34.7 Å². The molecule has 0 radical (unpaired) electrons. The van der Waals surface area contributed by atoms with Crippen molar-refractivity contribution < 1.29 is 9.59 Å². The number of rotatable bonds is 7. The van der Waals surface area contributed by atoms with Gasteiger partial charge >= 0.3 is 0 Å². The molecule has 4 aromatic rings. The van der Waals surface area contributed by atoms with E-state index in [1.54, 1.807) is 38.7 Å². The molecule has 0 saturated carbocycles. The van der Waals surface area contributed by atoms with Crippen LogP contribution < -0.4 is 10.2 Å². The summed E-state index contributed by atoms with van der Waals surface area (Å²) in [5, 5.41) is 10.5. The molecule has 0 aliphatic carbocycles. The van der Waals surface area contributed by atoms with Crippen molar-refractivity contribution in [2.24, 2.45) is 0 Å². The SMILES string of the molecule is CC[C@@H](C)NC(=O)CN1C(=O)CS[C@H](c2cccs2)c2c(-c3ccccc3)nn(-c3ccccc3Cl)c21. The van der Waals surface area contributed by atoms with Crippen LogP contribution in [0.4, 0.5) is 5.82 Å². The minimum atomic E-state index is -0.207. The summed E-state index contributed by atoms with van der Waals surface area (Å²) in [4.78, 5) is 29.4. The van der Waals surface area contributed by atoms with E-state index in [0.717, 1.165) is 28.1 Å². The van der Waals surface area contributed by atoms with Crippen molar-refractivity contribution in [2.45, 2.75) is 31.6 Å². The predicted molar refractivity (Wildman–Crippen MR) is 153 cm³/mol. The standard InChI is InChI=1S/C28H27ClN4O2S2/c1-3-18(2)30-23(34)16-32-24(35)17-37-27(22-14-9-15-36-22)25-26(19-10-5-4-6-11-19)31-33(28(25)32)21-13-8-7-12-20(21)29/h4-15,18,27H,3,16-17H2,1-2H3,(H,30,34)/t18-,27-/m1/s1. The van der Waals surface area contributed by atoms with Crippen LogP contribution in [0, 0.1) is 0 Å². The van der Waals surface area contributed by atoms with Crippen LogP contribution in [-0.4, -0.2) is 39.9 Å². The minimum Gasteiger partial charge on any atom is -0.352 e. The Balaban J connectivity index is 1.77. The summed E-state index contributed by atoms with van der Waals surface area (Å²) in [5.74, 6) is 0.475. The van der Waals surface area contributed by atoms with Crippen LogP contribution in [0.25, 0.3) is 16.9 Å². The van der Waals surface area contributed by atoms with Gasteiger partial charge in [0.2, 0.25) is 11.8 Å². The summed E-state index contributed by atoms with van der Waals surface area (Å²) >= 11 is 9.88. The number of thioether (sulfide) groups is 1. The number of amides is 2. The summed E-state index contributed by atoms with van der Waals surface area (Å²) in [6.45, 7) is 3.87. The highest BCUT2D eigenvalue weighted by atomic mass is 35.5. The molecule has 0 bridgehead atoms. The zero-order valence-corrected chi connectivity index (χ0v) is 22.9. The molecule has 6 nitrogen and oxygen atoms in total. The van der Waals surface area contributed by atoms with Crippen LogP contribution in [0.2, 0.25) is 5.02 Å². The molecule has 9 heteroatoms. The van der Waals surface area contributed by atoms with Crippen molar-refractivity contribution in [3.05, 3.63) is 87.6 Å². The summed E-state index contributed by atoms with van der Waals surface area (Å²) in [7, 11) is 0. The van der Waals surface area contributed by atoms with Crippen molar-refractivity contribution in [2.75, 3.05) is 17.2 Å². The lowest BCUT2D eigenvalue weighted by atomic mass is 10.0. The van der Waals surface area contributed by atoms with Gasteiger partial charge in [-0.25, -0.2) is 4.68 Å². The molecule has 1 N–H and O–H groups in total. The quantitative estimate of drug-likeness (QED) is 0.291. The van der Waals surface area contributed by atoms with E-state index in [-0.39, 0.29) is 35.4 Å². The molecule has 2 amide bonds. The fraction of sp³-hybridized carbons (Fsp3) is 0.250. The number of aromatic nitrogens is 2. The van der Waals surface area contributed by atoms with E-state index < -0.39 is 0 Å². The molecule has 0 spiro atoms. The Morgan fingerprint density at radius 1 is 1.14 bits per heavy atom. The number of benzene rings is 2. The van der Waals surface area contributed by atoms with Gasteiger partial charge in [0.1, 0.15) is 12.4 Å². The van der Waals surface area contributed by atoms with Crippen molar-refractivity contribution in [3.8, 4) is 16.9 Å². The monoisotopic (exact) mass is 550 g/mol. The molecule has 5 rings (SSSR count). The third-order valence-electron chi connectivity index (χ3n) is 6.34. The highest BCUT2D eigenvalue weighted by molar-refractivity contribution is 8.00. The third-order valence-corrected chi connectivity index (χ3v) is 8.98. The Morgan fingerprint density at radius 3 is 2.59 bits per heavy atom. The number of hydrogen-bond acceptors (Lipinski definition) is 5. The smallest absolute Gasteiger partial charge is 0.240 e. The molecule has 2 atom stereocenters. The number of nitrogens with zero attached hydrogens (tertiary/aromatic N) is 3. The number of anilines is 1.